The number of aromatic nitrogens is 1. The van der Waals surface area contributed by atoms with Crippen molar-refractivity contribution in [1.29, 1.82) is 0 Å². The van der Waals surface area contributed by atoms with Gasteiger partial charge in [-0.25, -0.2) is 4.98 Å². The molecule has 2 atom stereocenters. The Morgan fingerprint density at radius 1 is 1.47 bits per heavy atom. The number of methoxy groups -OCH3 is 1. The first-order valence-electron chi connectivity index (χ1n) is 6.28. The van der Waals surface area contributed by atoms with E-state index in [1.807, 2.05) is 25.5 Å². The maximum atomic E-state index is 5.65. The molecule has 0 saturated heterocycles. The van der Waals surface area contributed by atoms with E-state index in [1.165, 1.54) is 28.4 Å². The van der Waals surface area contributed by atoms with Gasteiger partial charge in [-0.2, -0.15) is 0 Å². The van der Waals surface area contributed by atoms with E-state index < -0.39 is 0 Å². The van der Waals surface area contributed by atoms with Gasteiger partial charge in [0.25, 0.3) is 0 Å². The van der Waals surface area contributed by atoms with Crippen LogP contribution in [-0.4, -0.2) is 31.3 Å². The molecule has 96 valence electrons. The number of hydrogen-bond acceptors (Lipinski definition) is 4. The minimum absolute atomic E-state index is 0.338. The standard InChI is InChI=1S/C13H22N2OS/c1-8-9(2)17-12(15-8)7-11(14-3)13(16-4)10-5-6-10/h10-11,13-14H,5-7H2,1-4H3. The number of rotatable bonds is 6. The summed E-state index contributed by atoms with van der Waals surface area (Å²) in [6.45, 7) is 4.22. The lowest BCUT2D eigenvalue weighted by Gasteiger charge is -2.24. The molecule has 2 rings (SSSR count). The summed E-state index contributed by atoms with van der Waals surface area (Å²) in [6, 6.07) is 0.387. The number of aryl methyl sites for hydroxylation is 2. The zero-order chi connectivity index (χ0) is 12.4. The summed E-state index contributed by atoms with van der Waals surface area (Å²) in [6.07, 6.45) is 3.94. The summed E-state index contributed by atoms with van der Waals surface area (Å²) >= 11 is 1.81. The Labute approximate surface area is 108 Å². The summed E-state index contributed by atoms with van der Waals surface area (Å²) in [5, 5.41) is 4.62. The fourth-order valence-corrected chi connectivity index (χ4v) is 3.30. The van der Waals surface area contributed by atoms with Crippen molar-refractivity contribution in [3.8, 4) is 0 Å². The molecule has 1 aromatic heterocycles. The van der Waals surface area contributed by atoms with Crippen molar-refractivity contribution < 1.29 is 4.74 Å². The minimum Gasteiger partial charge on any atom is -0.380 e. The van der Waals surface area contributed by atoms with Crippen molar-refractivity contribution in [2.24, 2.45) is 5.92 Å². The van der Waals surface area contributed by atoms with Crippen molar-refractivity contribution in [3.63, 3.8) is 0 Å². The van der Waals surface area contributed by atoms with Gasteiger partial charge < -0.3 is 10.1 Å². The lowest BCUT2D eigenvalue weighted by Crippen LogP contribution is -2.41. The molecule has 0 aliphatic heterocycles. The van der Waals surface area contributed by atoms with Crippen LogP contribution in [0.2, 0.25) is 0 Å². The molecule has 2 unspecified atom stereocenters. The largest absolute Gasteiger partial charge is 0.380 e. The van der Waals surface area contributed by atoms with Crippen LogP contribution in [0.1, 0.15) is 28.4 Å². The second-order valence-electron chi connectivity index (χ2n) is 4.89. The van der Waals surface area contributed by atoms with E-state index in [0.29, 0.717) is 12.1 Å². The topological polar surface area (TPSA) is 34.2 Å². The molecule has 1 fully saturated rings. The Morgan fingerprint density at radius 2 is 2.18 bits per heavy atom. The molecule has 0 bridgehead atoms. The Kier molecular flexibility index (Phi) is 4.17. The van der Waals surface area contributed by atoms with Gasteiger partial charge in [-0.3, -0.25) is 0 Å². The van der Waals surface area contributed by atoms with Crippen LogP contribution < -0.4 is 5.32 Å². The third-order valence-corrected chi connectivity index (χ3v) is 4.69. The van der Waals surface area contributed by atoms with E-state index in [9.17, 15) is 0 Å². The number of thiazole rings is 1. The highest BCUT2D eigenvalue weighted by molar-refractivity contribution is 7.11. The zero-order valence-corrected chi connectivity index (χ0v) is 11.9. The van der Waals surface area contributed by atoms with Crippen LogP contribution in [0.15, 0.2) is 0 Å². The smallest absolute Gasteiger partial charge is 0.0947 e. The van der Waals surface area contributed by atoms with Gasteiger partial charge in [-0.15, -0.1) is 11.3 Å². The Balaban J connectivity index is 2.03. The molecular formula is C13H22N2OS. The predicted octanol–water partition coefficient (Wildman–Crippen LogP) is 2.32. The Bertz CT molecular complexity index is 354. The van der Waals surface area contributed by atoms with Gasteiger partial charge in [0.2, 0.25) is 0 Å². The summed E-state index contributed by atoms with van der Waals surface area (Å²) in [7, 11) is 3.85. The molecule has 0 radical (unpaired) electrons. The lowest BCUT2D eigenvalue weighted by molar-refractivity contribution is 0.0534. The average molecular weight is 254 g/mol. The molecule has 1 aliphatic carbocycles. The molecule has 3 nitrogen and oxygen atoms in total. The first-order valence-corrected chi connectivity index (χ1v) is 7.10. The van der Waals surface area contributed by atoms with Gasteiger partial charge >= 0.3 is 0 Å². The van der Waals surface area contributed by atoms with Crippen LogP contribution in [0, 0.1) is 19.8 Å². The molecule has 4 heteroatoms. The van der Waals surface area contributed by atoms with Gasteiger partial charge in [0, 0.05) is 24.4 Å². The lowest BCUT2D eigenvalue weighted by atomic mass is 10.0. The SMILES string of the molecule is CNC(Cc1nc(C)c(C)s1)C(OC)C1CC1. The van der Waals surface area contributed by atoms with Crippen LogP contribution in [0.4, 0.5) is 0 Å². The highest BCUT2D eigenvalue weighted by Crippen LogP contribution is 2.36. The second-order valence-corrected chi connectivity index (χ2v) is 6.17. The first-order chi connectivity index (χ1) is 8.15. The van der Waals surface area contributed by atoms with Gasteiger partial charge in [0.05, 0.1) is 16.8 Å². The van der Waals surface area contributed by atoms with E-state index in [2.05, 4.69) is 24.1 Å². The summed E-state index contributed by atoms with van der Waals surface area (Å²) in [4.78, 5) is 5.95. The molecule has 1 saturated carbocycles. The van der Waals surface area contributed by atoms with Gasteiger partial charge in [0.15, 0.2) is 0 Å². The van der Waals surface area contributed by atoms with Crippen LogP contribution in [0.25, 0.3) is 0 Å². The van der Waals surface area contributed by atoms with E-state index in [0.717, 1.165) is 12.3 Å². The first kappa shape index (κ1) is 13.0. The second kappa shape index (κ2) is 5.46. The van der Waals surface area contributed by atoms with Crippen molar-refractivity contribution in [1.82, 2.24) is 10.3 Å². The van der Waals surface area contributed by atoms with Crippen LogP contribution in [0.3, 0.4) is 0 Å². The minimum atomic E-state index is 0.338. The molecule has 1 aromatic rings. The summed E-state index contributed by atoms with van der Waals surface area (Å²) < 4.78 is 5.65. The highest BCUT2D eigenvalue weighted by Gasteiger charge is 2.36. The number of hydrogen-bond donors (Lipinski definition) is 1. The molecule has 1 N–H and O–H groups in total. The monoisotopic (exact) mass is 254 g/mol. The fraction of sp³-hybridized carbons (Fsp3) is 0.769. The van der Waals surface area contributed by atoms with Crippen molar-refractivity contribution in [2.75, 3.05) is 14.2 Å². The van der Waals surface area contributed by atoms with E-state index in [-0.39, 0.29) is 0 Å². The molecule has 1 aliphatic rings. The van der Waals surface area contributed by atoms with Gasteiger partial charge in [-0.1, -0.05) is 0 Å². The van der Waals surface area contributed by atoms with Crippen molar-refractivity contribution in [3.05, 3.63) is 15.6 Å². The van der Waals surface area contributed by atoms with Crippen LogP contribution in [0.5, 0.6) is 0 Å². The maximum absolute atomic E-state index is 5.65. The number of ether oxygens (including phenoxy) is 1. The molecule has 0 aromatic carbocycles. The summed E-state index contributed by atoms with van der Waals surface area (Å²) in [5.74, 6) is 0.750. The average Bonchev–Trinajstić information content (AvgIpc) is 3.07. The van der Waals surface area contributed by atoms with E-state index >= 15 is 0 Å². The normalized spacial score (nSPS) is 19.3. The third kappa shape index (κ3) is 3.06. The predicted molar refractivity (Wildman–Crippen MR) is 71.7 cm³/mol. The molecule has 0 amide bonds. The molecular weight excluding hydrogens is 232 g/mol. The van der Waals surface area contributed by atoms with Crippen molar-refractivity contribution in [2.45, 2.75) is 45.3 Å². The quantitative estimate of drug-likeness (QED) is 0.846. The maximum Gasteiger partial charge on any atom is 0.0947 e. The number of nitrogens with zero attached hydrogens (tertiary/aromatic N) is 1. The highest BCUT2D eigenvalue weighted by atomic mass is 32.1. The molecule has 17 heavy (non-hydrogen) atoms. The van der Waals surface area contributed by atoms with Gasteiger partial charge in [0.1, 0.15) is 0 Å². The third-order valence-electron chi connectivity index (χ3n) is 3.59. The van der Waals surface area contributed by atoms with Crippen LogP contribution >= 0.6 is 11.3 Å². The summed E-state index contributed by atoms with van der Waals surface area (Å²) in [5.41, 5.74) is 1.17. The number of nitrogens with one attached hydrogen (secondary N) is 1. The number of likely N-dealkylation sites (N-methyl/N-ethyl adjacent to an activating group) is 1. The van der Waals surface area contributed by atoms with E-state index in [1.54, 1.807) is 0 Å². The fourth-order valence-electron chi connectivity index (χ4n) is 2.31. The Hall–Kier alpha value is -0.450. The van der Waals surface area contributed by atoms with Crippen LogP contribution in [-0.2, 0) is 11.2 Å². The zero-order valence-electron chi connectivity index (χ0n) is 11.1. The molecule has 0 spiro atoms. The van der Waals surface area contributed by atoms with E-state index in [4.69, 9.17) is 4.74 Å². The van der Waals surface area contributed by atoms with Gasteiger partial charge in [-0.05, 0) is 39.7 Å². The Morgan fingerprint density at radius 3 is 2.59 bits per heavy atom. The van der Waals surface area contributed by atoms with Crippen molar-refractivity contribution >= 4 is 11.3 Å². The molecule has 1 heterocycles.